The molecule has 2 aliphatic rings. The van der Waals surface area contributed by atoms with E-state index in [2.05, 4.69) is 0 Å². The van der Waals surface area contributed by atoms with Gasteiger partial charge in [-0.15, -0.1) is 0 Å². The van der Waals surface area contributed by atoms with Crippen LogP contribution in [0.1, 0.15) is 74.1 Å². The first-order valence-corrected chi connectivity index (χ1v) is 16.3. The van der Waals surface area contributed by atoms with Gasteiger partial charge in [-0.05, 0) is 73.1 Å². The van der Waals surface area contributed by atoms with Crippen LogP contribution in [0.25, 0.3) is 0 Å². The van der Waals surface area contributed by atoms with E-state index in [4.69, 9.17) is 31.3 Å². The summed E-state index contributed by atoms with van der Waals surface area (Å²) in [6.07, 6.45) is 6.04. The Kier molecular flexibility index (Phi) is 15.0. The highest BCUT2D eigenvalue weighted by Gasteiger charge is 2.46. The van der Waals surface area contributed by atoms with Crippen LogP contribution in [0, 0.1) is 5.92 Å². The van der Waals surface area contributed by atoms with Gasteiger partial charge in [-0.2, -0.15) is 0 Å². The third-order valence-corrected chi connectivity index (χ3v) is 11.7. The summed E-state index contributed by atoms with van der Waals surface area (Å²) in [4.78, 5) is 0. The van der Waals surface area contributed by atoms with E-state index in [0.717, 1.165) is 24.4 Å². The fraction of sp³-hybridized carbons (Fsp3) is 1.00. The Morgan fingerprint density at radius 3 is 1.45 bits per heavy atom. The van der Waals surface area contributed by atoms with Crippen LogP contribution in [0.4, 0.5) is 0 Å². The number of ether oxygens (including phenoxy) is 1. The maximum atomic E-state index is 5.90. The second kappa shape index (κ2) is 15.9. The van der Waals surface area contributed by atoms with E-state index in [-0.39, 0.29) is 0 Å². The van der Waals surface area contributed by atoms with Crippen molar-refractivity contribution in [3.8, 4) is 0 Å². The third-order valence-electron chi connectivity index (χ3n) is 5.59. The highest BCUT2D eigenvalue weighted by molar-refractivity contribution is 6.61. The molecule has 1 aliphatic carbocycles. The van der Waals surface area contributed by atoms with Gasteiger partial charge in [0.05, 0.1) is 12.2 Å². The monoisotopic (exact) mass is 480 g/mol. The van der Waals surface area contributed by atoms with Crippen molar-refractivity contribution in [3.63, 3.8) is 0 Å². The van der Waals surface area contributed by atoms with Crippen LogP contribution in [0.3, 0.4) is 0 Å². The summed E-state index contributed by atoms with van der Waals surface area (Å²) >= 11 is 0. The lowest BCUT2D eigenvalue weighted by molar-refractivity contribution is 0.0689. The topological polar surface area (TPSA) is 67.9 Å². The van der Waals surface area contributed by atoms with Crippen LogP contribution in [0.2, 0.25) is 12.1 Å². The summed E-state index contributed by atoms with van der Waals surface area (Å²) < 4.78 is 40.0. The summed E-state index contributed by atoms with van der Waals surface area (Å²) in [7, 11) is -4.70. The van der Waals surface area contributed by atoms with Crippen LogP contribution in [-0.2, 0) is 31.3 Å². The maximum absolute atomic E-state index is 5.90. The van der Waals surface area contributed by atoms with Crippen molar-refractivity contribution in [1.82, 2.24) is 0 Å². The Labute approximate surface area is 193 Å². The van der Waals surface area contributed by atoms with Gasteiger partial charge in [-0.25, -0.2) is 0 Å². The molecule has 0 aromatic heterocycles. The van der Waals surface area contributed by atoms with E-state index < -0.39 is 17.6 Å². The van der Waals surface area contributed by atoms with E-state index in [1.54, 1.807) is 0 Å². The first-order valence-electron chi connectivity index (χ1n) is 12.5. The van der Waals surface area contributed by atoms with E-state index in [0.29, 0.717) is 51.8 Å². The Morgan fingerprint density at radius 2 is 1.06 bits per heavy atom. The predicted octanol–water partition coefficient (Wildman–Crippen LogP) is 5.05. The lowest BCUT2D eigenvalue weighted by Gasteiger charge is -2.30. The molecule has 2 fully saturated rings. The van der Waals surface area contributed by atoms with Crippen molar-refractivity contribution in [1.29, 1.82) is 0 Å². The molecule has 0 spiro atoms. The molecule has 0 amide bonds. The predicted molar refractivity (Wildman–Crippen MR) is 127 cm³/mol. The van der Waals surface area contributed by atoms with E-state index in [9.17, 15) is 0 Å². The summed E-state index contributed by atoms with van der Waals surface area (Å²) in [5, 5.41) is 0. The number of epoxide rings is 1. The van der Waals surface area contributed by atoms with Gasteiger partial charge in [-0.3, -0.25) is 0 Å². The average molecular weight is 481 g/mol. The Balaban J connectivity index is 0.000000348. The van der Waals surface area contributed by atoms with Gasteiger partial charge in [0.1, 0.15) is 0 Å². The van der Waals surface area contributed by atoms with Crippen LogP contribution < -0.4 is 0 Å². The van der Waals surface area contributed by atoms with Gasteiger partial charge in [0, 0.05) is 51.7 Å². The summed E-state index contributed by atoms with van der Waals surface area (Å²) in [6, 6.07) is 1.80. The Morgan fingerprint density at radius 1 is 0.613 bits per heavy atom. The van der Waals surface area contributed by atoms with Crippen molar-refractivity contribution in [3.05, 3.63) is 0 Å². The van der Waals surface area contributed by atoms with Gasteiger partial charge >= 0.3 is 17.6 Å². The molecule has 2 rings (SSSR count). The van der Waals surface area contributed by atoms with Gasteiger partial charge in [0.25, 0.3) is 0 Å². The van der Waals surface area contributed by atoms with Crippen molar-refractivity contribution in [2.45, 2.75) is 98.4 Å². The lowest BCUT2D eigenvalue weighted by atomic mass is 9.88. The fourth-order valence-electron chi connectivity index (χ4n) is 4.22. The van der Waals surface area contributed by atoms with Gasteiger partial charge in [-0.1, -0.05) is 6.92 Å². The van der Waals surface area contributed by atoms with Gasteiger partial charge in [0.15, 0.2) is 0 Å². The van der Waals surface area contributed by atoms with Crippen molar-refractivity contribution in [2.75, 3.05) is 39.6 Å². The second-order valence-electron chi connectivity index (χ2n) is 7.75. The molecule has 1 saturated carbocycles. The van der Waals surface area contributed by atoms with Crippen molar-refractivity contribution >= 4 is 17.6 Å². The van der Waals surface area contributed by atoms with Crippen LogP contribution in [0.5, 0.6) is 0 Å². The van der Waals surface area contributed by atoms with Crippen molar-refractivity contribution < 1.29 is 31.3 Å². The number of hydrogen-bond acceptors (Lipinski definition) is 7. The zero-order chi connectivity index (χ0) is 23.2. The molecular formula is C22H48O7Si2. The standard InChI is InChI=1S/C14H28O4Si.C8H20O3Si/c1-4-15-19(16-5-2,17-6-3)10-9-12-7-8-13-14(11-12)18-13;1-5-9-12(8-4,10-6-2)11-7-3/h12-14H,4-11H2,1-3H3;5-8H2,1-4H3. The van der Waals surface area contributed by atoms with E-state index in [1.807, 2.05) is 48.5 Å². The number of fused-ring (bicyclic) bond motifs is 1. The molecule has 31 heavy (non-hydrogen) atoms. The maximum Gasteiger partial charge on any atom is 0.500 e. The molecular weight excluding hydrogens is 432 g/mol. The number of hydrogen-bond donors (Lipinski definition) is 0. The first kappa shape index (κ1) is 29.2. The zero-order valence-corrected chi connectivity index (χ0v) is 23.1. The summed E-state index contributed by atoms with van der Waals surface area (Å²) in [5.74, 6) is 0.761. The molecule has 7 nitrogen and oxygen atoms in total. The summed E-state index contributed by atoms with van der Waals surface area (Å²) in [5.41, 5.74) is 0. The van der Waals surface area contributed by atoms with Crippen LogP contribution in [0.15, 0.2) is 0 Å². The highest BCUT2D eigenvalue weighted by atomic mass is 28.4. The normalized spacial score (nSPS) is 23.1. The minimum absolute atomic E-state index is 0.557. The summed E-state index contributed by atoms with van der Waals surface area (Å²) in [6.45, 7) is 18.0. The molecule has 0 aromatic carbocycles. The second-order valence-corrected chi connectivity index (χ2v) is 13.4. The van der Waals surface area contributed by atoms with E-state index >= 15 is 0 Å². The molecule has 9 heteroatoms. The Bertz CT molecular complexity index is 422. The minimum atomic E-state index is -2.43. The SMILES string of the molecule is CCO[Si](CC)(OCC)OCC.CCO[Si](CCC1CCC2OC2C1)(OCC)OCC. The molecule has 1 heterocycles. The molecule has 0 N–H and O–H groups in total. The molecule has 0 radical (unpaired) electrons. The number of rotatable bonds is 16. The van der Waals surface area contributed by atoms with Crippen molar-refractivity contribution in [2.24, 2.45) is 5.92 Å². The molecule has 186 valence electrons. The zero-order valence-electron chi connectivity index (χ0n) is 21.1. The third kappa shape index (κ3) is 10.3. The largest absolute Gasteiger partial charge is 0.500 e. The molecule has 1 aliphatic heterocycles. The van der Waals surface area contributed by atoms with E-state index in [1.165, 1.54) is 19.3 Å². The average Bonchev–Trinajstić information content (AvgIpc) is 3.53. The fourth-order valence-corrected chi connectivity index (χ4v) is 9.17. The molecule has 0 aromatic rings. The molecule has 3 atom stereocenters. The molecule has 3 unspecified atom stereocenters. The Hall–Kier alpha value is 0.154. The highest BCUT2D eigenvalue weighted by Crippen LogP contribution is 2.41. The van der Waals surface area contributed by atoms with Crippen LogP contribution >= 0.6 is 0 Å². The van der Waals surface area contributed by atoms with Gasteiger partial charge in [0.2, 0.25) is 0 Å². The van der Waals surface area contributed by atoms with Crippen LogP contribution in [-0.4, -0.2) is 69.5 Å². The lowest BCUT2D eigenvalue weighted by Crippen LogP contribution is -2.46. The van der Waals surface area contributed by atoms with Gasteiger partial charge < -0.3 is 31.3 Å². The smallest absolute Gasteiger partial charge is 0.374 e. The molecule has 0 bridgehead atoms. The quantitative estimate of drug-likeness (QED) is 0.226. The minimum Gasteiger partial charge on any atom is -0.374 e. The molecule has 1 saturated heterocycles. The first-order chi connectivity index (χ1) is 15.0.